The van der Waals surface area contributed by atoms with Crippen molar-refractivity contribution in [1.29, 1.82) is 5.26 Å². The van der Waals surface area contributed by atoms with E-state index >= 15 is 0 Å². The zero-order valence-corrected chi connectivity index (χ0v) is 12.5. The molecule has 0 fully saturated rings. The maximum atomic E-state index is 12.9. The topological polar surface area (TPSA) is 74.9 Å². The molecular formula is C16H12F3N3O2. The number of hydrogen-bond acceptors (Lipinski definition) is 3. The quantitative estimate of drug-likeness (QED) is 0.937. The van der Waals surface area contributed by atoms with E-state index in [4.69, 9.17) is 5.26 Å². The number of alkyl halides is 3. The number of halogens is 3. The van der Waals surface area contributed by atoms with Crippen molar-refractivity contribution in [3.63, 3.8) is 0 Å². The highest BCUT2D eigenvalue weighted by Crippen LogP contribution is 2.34. The molecule has 0 aliphatic heterocycles. The predicted octanol–water partition coefficient (Wildman–Crippen LogP) is 2.69. The van der Waals surface area contributed by atoms with E-state index in [1.165, 1.54) is 24.3 Å². The number of hydrogen-bond donors (Lipinski definition) is 1. The fourth-order valence-electron chi connectivity index (χ4n) is 2.13. The number of nitrogens with zero attached hydrogens (tertiary/aromatic N) is 2. The molecule has 0 aliphatic carbocycles. The van der Waals surface area contributed by atoms with Crippen LogP contribution < -0.4 is 10.9 Å². The fraction of sp³-hybridized carbons (Fsp3) is 0.188. The molecule has 1 amide bonds. The smallest absolute Gasteiger partial charge is 0.324 e. The maximum Gasteiger partial charge on any atom is 0.418 e. The van der Waals surface area contributed by atoms with Crippen molar-refractivity contribution in [1.82, 2.24) is 4.57 Å². The molecule has 0 spiro atoms. The second kappa shape index (κ2) is 6.58. The van der Waals surface area contributed by atoms with Crippen molar-refractivity contribution in [3.05, 3.63) is 63.6 Å². The highest BCUT2D eigenvalue weighted by molar-refractivity contribution is 5.91. The van der Waals surface area contributed by atoms with Gasteiger partial charge in [0.15, 0.2) is 0 Å². The molecule has 24 heavy (non-hydrogen) atoms. The molecular weight excluding hydrogens is 323 g/mol. The number of nitriles is 1. The van der Waals surface area contributed by atoms with Crippen LogP contribution in [0.4, 0.5) is 18.9 Å². The lowest BCUT2D eigenvalue weighted by atomic mass is 10.1. The van der Waals surface area contributed by atoms with E-state index < -0.39 is 35.4 Å². The van der Waals surface area contributed by atoms with Crippen LogP contribution in [0.1, 0.15) is 16.8 Å². The van der Waals surface area contributed by atoms with Gasteiger partial charge in [-0.2, -0.15) is 18.4 Å². The summed E-state index contributed by atoms with van der Waals surface area (Å²) in [6, 6.07) is 9.06. The Bertz CT molecular complexity index is 879. The average molecular weight is 335 g/mol. The monoisotopic (exact) mass is 335 g/mol. The first-order valence-corrected chi connectivity index (χ1v) is 6.80. The van der Waals surface area contributed by atoms with Crippen molar-refractivity contribution in [2.45, 2.75) is 19.6 Å². The van der Waals surface area contributed by atoms with E-state index in [1.54, 1.807) is 13.0 Å². The molecule has 0 unspecified atom stereocenters. The first-order chi connectivity index (χ1) is 11.2. The second-order valence-corrected chi connectivity index (χ2v) is 4.98. The molecule has 0 bridgehead atoms. The Morgan fingerprint density at radius 2 is 1.92 bits per heavy atom. The summed E-state index contributed by atoms with van der Waals surface area (Å²) in [5, 5.41) is 11.0. The lowest BCUT2D eigenvalue weighted by molar-refractivity contribution is -0.137. The van der Waals surface area contributed by atoms with Gasteiger partial charge in [0.1, 0.15) is 18.2 Å². The molecule has 2 rings (SSSR count). The average Bonchev–Trinajstić information content (AvgIpc) is 2.51. The Morgan fingerprint density at radius 1 is 1.25 bits per heavy atom. The highest BCUT2D eigenvalue weighted by Gasteiger charge is 2.33. The van der Waals surface area contributed by atoms with Crippen LogP contribution in [0.15, 0.2) is 41.2 Å². The summed E-state index contributed by atoms with van der Waals surface area (Å²) in [5.41, 5.74) is -1.77. The number of nitrogens with one attached hydrogen (secondary N) is 1. The highest BCUT2D eigenvalue weighted by atomic mass is 19.4. The number of pyridine rings is 1. The van der Waals surface area contributed by atoms with Crippen LogP contribution in [0.25, 0.3) is 0 Å². The summed E-state index contributed by atoms with van der Waals surface area (Å²) in [6.45, 7) is 1.06. The Kier molecular flexibility index (Phi) is 4.74. The molecule has 124 valence electrons. The van der Waals surface area contributed by atoms with Crippen molar-refractivity contribution >= 4 is 11.6 Å². The van der Waals surface area contributed by atoms with Crippen LogP contribution in [0.2, 0.25) is 0 Å². The summed E-state index contributed by atoms with van der Waals surface area (Å²) >= 11 is 0. The Hall–Kier alpha value is -3.08. The van der Waals surface area contributed by atoms with Crippen LogP contribution in [0, 0.1) is 18.3 Å². The van der Waals surface area contributed by atoms with Crippen molar-refractivity contribution < 1.29 is 18.0 Å². The fourth-order valence-corrected chi connectivity index (χ4v) is 2.13. The van der Waals surface area contributed by atoms with Gasteiger partial charge in [-0.25, -0.2) is 0 Å². The molecule has 0 saturated heterocycles. The molecule has 1 heterocycles. The Labute approximate surface area is 135 Å². The van der Waals surface area contributed by atoms with Crippen molar-refractivity contribution in [3.8, 4) is 6.07 Å². The molecule has 0 aliphatic rings. The van der Waals surface area contributed by atoms with E-state index in [0.717, 1.165) is 16.7 Å². The summed E-state index contributed by atoms with van der Waals surface area (Å²) in [4.78, 5) is 24.1. The number of benzene rings is 1. The van der Waals surface area contributed by atoms with Gasteiger partial charge < -0.3 is 9.88 Å². The Morgan fingerprint density at radius 3 is 2.54 bits per heavy atom. The lowest BCUT2D eigenvalue weighted by Gasteiger charge is -2.14. The van der Waals surface area contributed by atoms with Gasteiger partial charge in [0, 0.05) is 5.69 Å². The van der Waals surface area contributed by atoms with Crippen LogP contribution in [-0.2, 0) is 17.5 Å². The largest absolute Gasteiger partial charge is 0.418 e. The van der Waals surface area contributed by atoms with Crippen LogP contribution >= 0.6 is 0 Å². The van der Waals surface area contributed by atoms with E-state index in [-0.39, 0.29) is 5.56 Å². The summed E-state index contributed by atoms with van der Waals surface area (Å²) in [5.74, 6) is -0.799. The Balaban J connectivity index is 2.29. The number of carbonyl (C=O) groups excluding carboxylic acids is 1. The maximum absolute atomic E-state index is 12.9. The second-order valence-electron chi connectivity index (χ2n) is 4.98. The number of carbonyl (C=O) groups is 1. The third-order valence-electron chi connectivity index (χ3n) is 3.32. The number of rotatable bonds is 3. The SMILES string of the molecule is Cc1ccc(C#N)c(=O)n1CC(=O)Nc1ccccc1C(F)(F)F. The molecule has 0 radical (unpaired) electrons. The van der Waals surface area contributed by atoms with Gasteiger partial charge in [-0.15, -0.1) is 0 Å². The van der Waals surface area contributed by atoms with Gasteiger partial charge in [-0.05, 0) is 31.2 Å². The van der Waals surface area contributed by atoms with E-state index in [1.807, 2.05) is 0 Å². The minimum absolute atomic E-state index is 0.149. The number of aryl methyl sites for hydroxylation is 1. The molecule has 1 aromatic heterocycles. The minimum atomic E-state index is -4.61. The van der Waals surface area contributed by atoms with E-state index in [9.17, 15) is 22.8 Å². The number of aromatic nitrogens is 1. The minimum Gasteiger partial charge on any atom is -0.324 e. The van der Waals surface area contributed by atoms with Gasteiger partial charge in [0.25, 0.3) is 5.56 Å². The molecule has 5 nitrogen and oxygen atoms in total. The molecule has 1 aromatic carbocycles. The predicted molar refractivity (Wildman–Crippen MR) is 80.2 cm³/mol. The molecule has 2 aromatic rings. The third kappa shape index (κ3) is 3.63. The van der Waals surface area contributed by atoms with Gasteiger partial charge in [-0.3, -0.25) is 9.59 Å². The van der Waals surface area contributed by atoms with Crippen LogP contribution in [-0.4, -0.2) is 10.5 Å². The van der Waals surface area contributed by atoms with E-state index in [0.29, 0.717) is 5.69 Å². The lowest BCUT2D eigenvalue weighted by Crippen LogP contribution is -2.30. The first kappa shape index (κ1) is 17.3. The zero-order valence-electron chi connectivity index (χ0n) is 12.5. The normalized spacial score (nSPS) is 11.0. The van der Waals surface area contributed by atoms with Crippen LogP contribution in [0.3, 0.4) is 0 Å². The number of para-hydroxylation sites is 1. The molecule has 8 heteroatoms. The van der Waals surface area contributed by atoms with Gasteiger partial charge in [0.05, 0.1) is 11.3 Å². The first-order valence-electron chi connectivity index (χ1n) is 6.80. The summed E-state index contributed by atoms with van der Waals surface area (Å²) in [6.07, 6.45) is -4.61. The van der Waals surface area contributed by atoms with E-state index in [2.05, 4.69) is 5.32 Å². The zero-order chi connectivity index (χ0) is 17.9. The third-order valence-corrected chi connectivity index (χ3v) is 3.32. The van der Waals surface area contributed by atoms with Crippen molar-refractivity contribution in [2.24, 2.45) is 0 Å². The summed E-state index contributed by atoms with van der Waals surface area (Å²) in [7, 11) is 0. The van der Waals surface area contributed by atoms with Gasteiger partial charge >= 0.3 is 6.18 Å². The number of anilines is 1. The number of amides is 1. The van der Waals surface area contributed by atoms with Gasteiger partial charge in [0.2, 0.25) is 5.91 Å². The molecule has 1 N–H and O–H groups in total. The van der Waals surface area contributed by atoms with Gasteiger partial charge in [-0.1, -0.05) is 12.1 Å². The molecule has 0 atom stereocenters. The van der Waals surface area contributed by atoms with Crippen molar-refractivity contribution in [2.75, 3.05) is 5.32 Å². The summed E-state index contributed by atoms with van der Waals surface area (Å²) < 4.78 is 39.8. The van der Waals surface area contributed by atoms with Crippen LogP contribution in [0.5, 0.6) is 0 Å². The standard InChI is InChI=1S/C16H12F3N3O2/c1-10-6-7-11(8-20)15(24)22(10)9-14(23)21-13-5-3-2-4-12(13)16(17,18)19/h2-7H,9H2,1H3,(H,21,23). The molecule has 0 saturated carbocycles.